The van der Waals surface area contributed by atoms with Crippen LogP contribution in [0, 0.1) is 22.9 Å². The van der Waals surface area contributed by atoms with Crippen molar-refractivity contribution in [2.24, 2.45) is 10.4 Å². The summed E-state index contributed by atoms with van der Waals surface area (Å²) in [5.74, 6) is -10.5. The zero-order valence-corrected chi connectivity index (χ0v) is 25.1. The minimum absolute atomic E-state index is 0.00951. The number of benzene rings is 1. The zero-order chi connectivity index (χ0) is 32.8. The van der Waals surface area contributed by atoms with Crippen LogP contribution in [-0.2, 0) is 19.2 Å². The van der Waals surface area contributed by atoms with Gasteiger partial charge in [-0.05, 0) is 26.8 Å². The number of esters is 1. The number of aliphatic imine (C=N–C) groups is 1. The first kappa shape index (κ1) is 32.9. The molecule has 0 bridgehead atoms. The number of β-amino-alcohol motifs (C(OH)–C–C–N with tert-alkyl or cyclic N) is 1. The van der Waals surface area contributed by atoms with Gasteiger partial charge in [0.15, 0.2) is 28.3 Å². The van der Waals surface area contributed by atoms with Gasteiger partial charge >= 0.3 is 11.9 Å². The number of carboxylic acids is 1. The Morgan fingerprint density at radius 1 is 1.27 bits per heavy atom. The molecule has 17 heteroatoms. The van der Waals surface area contributed by atoms with E-state index in [9.17, 15) is 28.6 Å². The number of likely N-dealkylation sites (tertiary alicyclic amines) is 1. The number of aliphatic hydroxyl groups is 1. The van der Waals surface area contributed by atoms with E-state index >= 15 is 13.2 Å². The topological polar surface area (TPSA) is 137 Å². The zero-order valence-electron chi connectivity index (χ0n) is 24.3. The molecule has 0 aliphatic carbocycles. The summed E-state index contributed by atoms with van der Waals surface area (Å²) in [4.78, 5) is 40.3. The lowest BCUT2D eigenvalue weighted by Gasteiger charge is -2.32. The number of aliphatic carboxylic acids is 1. The van der Waals surface area contributed by atoms with Crippen LogP contribution < -0.4 is 5.32 Å². The van der Waals surface area contributed by atoms with E-state index in [0.29, 0.717) is 11.1 Å². The third-order valence-electron chi connectivity index (χ3n) is 8.12. The second-order valence-electron chi connectivity index (χ2n) is 11.3. The molecule has 244 valence electrons. The van der Waals surface area contributed by atoms with Crippen molar-refractivity contribution in [3.63, 3.8) is 0 Å². The number of hydroxylamine groups is 2. The van der Waals surface area contributed by atoms with E-state index in [0.717, 1.165) is 22.5 Å². The van der Waals surface area contributed by atoms with Crippen molar-refractivity contribution < 1.29 is 51.3 Å². The van der Waals surface area contributed by atoms with Gasteiger partial charge in [-0.15, -0.1) is 11.3 Å². The maximum Gasteiger partial charge on any atom is 0.338 e. The predicted octanol–water partition coefficient (Wildman–Crippen LogP) is 2.88. The van der Waals surface area contributed by atoms with E-state index in [2.05, 4.69) is 15.3 Å². The molecule has 5 rings (SSSR count). The number of carbonyl (C=O) groups excluding carboxylic acids is 1. The number of hydrogen-bond acceptors (Lipinski definition) is 11. The van der Waals surface area contributed by atoms with E-state index < -0.39 is 83.6 Å². The van der Waals surface area contributed by atoms with E-state index in [-0.39, 0.29) is 36.9 Å². The third-order valence-corrected chi connectivity index (χ3v) is 8.90. The number of alkyl halides is 2. The van der Waals surface area contributed by atoms with Crippen LogP contribution in [0.1, 0.15) is 37.4 Å². The van der Waals surface area contributed by atoms with Crippen LogP contribution in [0.5, 0.6) is 0 Å². The Morgan fingerprint density at radius 3 is 2.64 bits per heavy atom. The van der Waals surface area contributed by atoms with Gasteiger partial charge in [0.25, 0.3) is 5.92 Å². The molecule has 45 heavy (non-hydrogen) atoms. The molecular formula is C28H30F5N5O6S. The van der Waals surface area contributed by atoms with Crippen molar-refractivity contribution in [1.29, 1.82) is 0 Å². The van der Waals surface area contributed by atoms with Crippen molar-refractivity contribution >= 4 is 29.1 Å². The largest absolute Gasteiger partial charge is 0.481 e. The van der Waals surface area contributed by atoms with E-state index in [1.54, 1.807) is 5.38 Å². The molecule has 1 aromatic carbocycles. The van der Waals surface area contributed by atoms with Crippen LogP contribution in [-0.4, -0.2) is 99.9 Å². The standard InChI is InChI=1S/C28H30F5N5O6S/c1-4-43-25(40)18-15(35-23(24-34-7-8-45-24)36-21(18)13-5-6-14(29)20(31)19(13)30)9-37-12-28(32,33)22-16(37)11-44-38(22)10-17(39)27(2,3)26(41)42/h5-8,16-17,21-22,39H,4,9-12H2,1-3H3,(H,35,36)(H,41,42)/t16-,17-,21-,22+/m0/s1. The number of ether oxygens (including phenoxy) is 1. The maximum atomic E-state index is 15.6. The van der Waals surface area contributed by atoms with E-state index in [4.69, 9.17) is 9.57 Å². The fraction of sp³-hybridized carbons (Fsp3) is 0.500. The number of thiazole rings is 1. The average molecular weight is 660 g/mol. The Labute approximate surface area is 257 Å². The smallest absolute Gasteiger partial charge is 0.338 e. The predicted molar refractivity (Wildman–Crippen MR) is 149 cm³/mol. The van der Waals surface area contributed by atoms with Crippen molar-refractivity contribution in [2.75, 3.05) is 32.8 Å². The molecule has 2 aromatic rings. The minimum Gasteiger partial charge on any atom is -0.481 e. The number of rotatable bonds is 10. The monoisotopic (exact) mass is 659 g/mol. The van der Waals surface area contributed by atoms with Gasteiger partial charge in [0.05, 0.1) is 49.4 Å². The van der Waals surface area contributed by atoms with Crippen LogP contribution >= 0.6 is 11.3 Å². The van der Waals surface area contributed by atoms with Gasteiger partial charge in [-0.1, -0.05) is 6.07 Å². The summed E-state index contributed by atoms with van der Waals surface area (Å²) >= 11 is 1.13. The molecule has 0 saturated carbocycles. The summed E-state index contributed by atoms with van der Waals surface area (Å²) < 4.78 is 79.7. The Kier molecular flexibility index (Phi) is 9.02. The van der Waals surface area contributed by atoms with Gasteiger partial charge in [0.2, 0.25) is 0 Å². The van der Waals surface area contributed by atoms with Gasteiger partial charge < -0.3 is 20.3 Å². The number of carboxylic acid groups (broad SMARTS) is 1. The third kappa shape index (κ3) is 6.06. The molecule has 4 heterocycles. The van der Waals surface area contributed by atoms with Crippen LogP contribution in [0.3, 0.4) is 0 Å². The van der Waals surface area contributed by atoms with Gasteiger partial charge in [-0.2, -0.15) is 5.06 Å². The van der Waals surface area contributed by atoms with Crippen molar-refractivity contribution in [3.8, 4) is 0 Å². The molecular weight excluding hydrogens is 629 g/mol. The number of carbonyl (C=O) groups is 2. The molecule has 4 atom stereocenters. The summed E-state index contributed by atoms with van der Waals surface area (Å²) in [7, 11) is 0. The molecule has 1 aromatic heterocycles. The molecule has 3 aliphatic rings. The summed E-state index contributed by atoms with van der Waals surface area (Å²) in [6, 6.07) is -2.50. The van der Waals surface area contributed by atoms with E-state index in [1.165, 1.54) is 31.9 Å². The van der Waals surface area contributed by atoms with Crippen LogP contribution in [0.4, 0.5) is 22.0 Å². The number of nitrogens with one attached hydrogen (secondary N) is 1. The molecule has 2 saturated heterocycles. The number of nitrogens with zero attached hydrogens (tertiary/aromatic N) is 4. The number of fused-ring (bicyclic) bond motifs is 1. The number of amidine groups is 1. The quantitative estimate of drug-likeness (QED) is 0.199. The first-order valence-corrected chi connectivity index (χ1v) is 14.8. The van der Waals surface area contributed by atoms with Gasteiger partial charge in [0.1, 0.15) is 12.1 Å². The summed E-state index contributed by atoms with van der Waals surface area (Å²) in [6.45, 7) is 1.97. The molecule has 0 amide bonds. The fourth-order valence-corrected chi connectivity index (χ4v) is 6.08. The Bertz CT molecular complexity index is 1540. The minimum atomic E-state index is -3.41. The van der Waals surface area contributed by atoms with Crippen molar-refractivity contribution in [1.82, 2.24) is 20.3 Å². The highest BCUT2D eigenvalue weighted by Gasteiger charge is 2.61. The highest BCUT2D eigenvalue weighted by molar-refractivity contribution is 7.11. The summed E-state index contributed by atoms with van der Waals surface area (Å²) in [5.41, 5.74) is -2.45. The van der Waals surface area contributed by atoms with Crippen LogP contribution in [0.25, 0.3) is 0 Å². The number of halogens is 5. The molecule has 11 nitrogen and oxygen atoms in total. The fourth-order valence-electron chi connectivity index (χ4n) is 5.49. The lowest BCUT2D eigenvalue weighted by molar-refractivity contribution is -0.202. The molecule has 3 N–H and O–H groups in total. The summed E-state index contributed by atoms with van der Waals surface area (Å²) in [6.07, 6.45) is -0.0989. The van der Waals surface area contributed by atoms with E-state index in [1.807, 2.05) is 0 Å². The lowest BCUT2D eigenvalue weighted by atomic mass is 9.86. The van der Waals surface area contributed by atoms with Crippen molar-refractivity contribution in [3.05, 3.63) is 63.0 Å². The molecule has 3 aliphatic heterocycles. The molecule has 0 radical (unpaired) electrons. The lowest BCUT2D eigenvalue weighted by Crippen LogP contribution is -2.51. The highest BCUT2D eigenvalue weighted by atomic mass is 32.1. The SMILES string of the molecule is CCOC(=O)C1=C(CN2CC(F)(F)[C@H]3[C@@H]2CON3C[C@H](O)C(C)(C)C(=O)O)NC(c2nccs2)=N[C@H]1c1ccc(F)c(F)c1F. The maximum absolute atomic E-state index is 15.6. The Hall–Kier alpha value is -3.51. The average Bonchev–Trinajstić information content (AvgIpc) is 3.71. The molecule has 2 fully saturated rings. The second-order valence-corrected chi connectivity index (χ2v) is 12.2. The van der Waals surface area contributed by atoms with Crippen LogP contribution in [0.15, 0.2) is 40.0 Å². The number of aliphatic hydroxyl groups excluding tert-OH is 1. The number of aromatic nitrogens is 1. The summed E-state index contributed by atoms with van der Waals surface area (Å²) in [5, 5.41) is 25.7. The van der Waals surface area contributed by atoms with Gasteiger partial charge in [-0.3, -0.25) is 19.5 Å². The van der Waals surface area contributed by atoms with Crippen molar-refractivity contribution in [2.45, 2.75) is 50.9 Å². The molecule has 0 spiro atoms. The van der Waals surface area contributed by atoms with Gasteiger partial charge in [-0.25, -0.2) is 31.7 Å². The molecule has 0 unspecified atom stereocenters. The van der Waals surface area contributed by atoms with Gasteiger partial charge in [0, 0.05) is 29.4 Å². The first-order chi connectivity index (χ1) is 21.2. The number of hydrogen-bond donors (Lipinski definition) is 3. The normalized spacial score (nSPS) is 24.3. The second kappa shape index (κ2) is 12.4. The Balaban J connectivity index is 1.53. The Morgan fingerprint density at radius 2 is 2.00 bits per heavy atom. The first-order valence-electron chi connectivity index (χ1n) is 13.9. The highest BCUT2D eigenvalue weighted by Crippen LogP contribution is 2.42. The van der Waals surface area contributed by atoms with Crippen LogP contribution in [0.2, 0.25) is 0 Å².